The van der Waals surface area contributed by atoms with Gasteiger partial charge in [0.15, 0.2) is 0 Å². The maximum atomic E-state index is 6.19. The van der Waals surface area contributed by atoms with E-state index in [2.05, 4.69) is 15.3 Å². The average molecular weight is 288 g/mol. The summed E-state index contributed by atoms with van der Waals surface area (Å²) in [5.41, 5.74) is 7.83. The largest absolute Gasteiger partial charge is 0.320 e. The van der Waals surface area contributed by atoms with Gasteiger partial charge in [0.2, 0.25) is 0 Å². The Hall–Kier alpha value is -1.98. The molecule has 0 bridgehead atoms. The van der Waals surface area contributed by atoms with Crippen molar-refractivity contribution in [3.05, 3.63) is 47.4 Å². The number of nitrogens with zero attached hydrogens (tertiary/aromatic N) is 4. The molecule has 0 spiro atoms. The second kappa shape index (κ2) is 4.54. The molecule has 0 aliphatic carbocycles. The van der Waals surface area contributed by atoms with Gasteiger partial charge in [0.25, 0.3) is 0 Å². The minimum atomic E-state index is -0.534. The first-order valence-electron chi connectivity index (χ1n) is 6.22. The minimum Gasteiger partial charge on any atom is -0.320 e. The van der Waals surface area contributed by atoms with E-state index in [0.717, 1.165) is 22.3 Å². The Labute approximate surface area is 121 Å². The number of aromatic nitrogens is 4. The first kappa shape index (κ1) is 13.0. The summed E-state index contributed by atoms with van der Waals surface area (Å²) in [5.74, 6) is 0. The van der Waals surface area contributed by atoms with Gasteiger partial charge in [-0.2, -0.15) is 0 Å². The van der Waals surface area contributed by atoms with E-state index in [4.69, 9.17) is 17.3 Å². The molecule has 0 saturated heterocycles. The van der Waals surface area contributed by atoms with E-state index >= 15 is 0 Å². The number of halogens is 1. The summed E-state index contributed by atoms with van der Waals surface area (Å²) in [6, 6.07) is 7.49. The summed E-state index contributed by atoms with van der Waals surface area (Å²) in [4.78, 5) is 4.39. The lowest BCUT2D eigenvalue weighted by molar-refractivity contribution is 0.533. The predicted molar refractivity (Wildman–Crippen MR) is 78.9 cm³/mol. The Kier molecular flexibility index (Phi) is 2.96. The molecule has 0 unspecified atom stereocenters. The van der Waals surface area contributed by atoms with Crippen molar-refractivity contribution >= 4 is 22.5 Å². The van der Waals surface area contributed by atoms with Crippen LogP contribution in [0, 0.1) is 0 Å². The van der Waals surface area contributed by atoms with Crippen LogP contribution in [-0.4, -0.2) is 20.0 Å². The highest BCUT2D eigenvalue weighted by molar-refractivity contribution is 6.35. The van der Waals surface area contributed by atoms with E-state index < -0.39 is 5.54 Å². The van der Waals surface area contributed by atoms with Crippen LogP contribution >= 0.6 is 11.6 Å². The molecule has 0 aliphatic heterocycles. The van der Waals surface area contributed by atoms with Crippen LogP contribution in [-0.2, 0) is 5.54 Å². The normalized spacial score (nSPS) is 12.0. The molecule has 3 aromatic rings. The van der Waals surface area contributed by atoms with Crippen molar-refractivity contribution < 1.29 is 0 Å². The third-order valence-electron chi connectivity index (χ3n) is 3.10. The molecule has 2 N–H and O–H groups in total. The first-order valence-corrected chi connectivity index (χ1v) is 6.60. The molecule has 0 saturated carbocycles. The van der Waals surface area contributed by atoms with E-state index in [9.17, 15) is 0 Å². The summed E-state index contributed by atoms with van der Waals surface area (Å²) in [6.45, 7) is 3.78. The summed E-state index contributed by atoms with van der Waals surface area (Å²) in [6.07, 6.45) is 3.55. The van der Waals surface area contributed by atoms with Gasteiger partial charge in [-0.1, -0.05) is 16.8 Å². The molecule has 1 aromatic carbocycles. The Morgan fingerprint density at radius 2 is 2.05 bits per heavy atom. The second-order valence-electron chi connectivity index (χ2n) is 5.24. The standard InChI is InChI=1S/C14H14ClN5/c1-14(2,16)12-8-20(19-18-12)11-6-5-10(15)9-4-3-7-17-13(9)11/h3-8H,16H2,1-2H3. The van der Waals surface area contributed by atoms with Gasteiger partial charge < -0.3 is 5.73 Å². The van der Waals surface area contributed by atoms with E-state index in [1.807, 2.05) is 44.3 Å². The van der Waals surface area contributed by atoms with Gasteiger partial charge in [-0.05, 0) is 38.1 Å². The fourth-order valence-electron chi connectivity index (χ4n) is 1.98. The van der Waals surface area contributed by atoms with Crippen molar-refractivity contribution in [2.75, 3.05) is 0 Å². The van der Waals surface area contributed by atoms with E-state index in [1.165, 1.54) is 0 Å². The molecule has 20 heavy (non-hydrogen) atoms. The number of hydrogen-bond acceptors (Lipinski definition) is 4. The van der Waals surface area contributed by atoms with Gasteiger partial charge in [-0.15, -0.1) is 5.10 Å². The van der Waals surface area contributed by atoms with Gasteiger partial charge in [0, 0.05) is 11.6 Å². The predicted octanol–water partition coefficient (Wildman–Crippen LogP) is 2.66. The molecule has 2 heterocycles. The number of nitrogens with two attached hydrogens (primary N) is 1. The van der Waals surface area contributed by atoms with Crippen LogP contribution in [0.25, 0.3) is 16.6 Å². The van der Waals surface area contributed by atoms with Crippen molar-refractivity contribution in [1.82, 2.24) is 20.0 Å². The first-order chi connectivity index (χ1) is 9.47. The lowest BCUT2D eigenvalue weighted by Gasteiger charge is -2.13. The lowest BCUT2D eigenvalue weighted by atomic mass is 10.0. The number of benzene rings is 1. The topological polar surface area (TPSA) is 69.6 Å². The summed E-state index contributed by atoms with van der Waals surface area (Å²) < 4.78 is 1.68. The van der Waals surface area contributed by atoms with Crippen molar-refractivity contribution in [2.24, 2.45) is 5.73 Å². The maximum Gasteiger partial charge on any atom is 0.102 e. The zero-order valence-electron chi connectivity index (χ0n) is 11.2. The van der Waals surface area contributed by atoms with E-state index in [-0.39, 0.29) is 0 Å². The SMILES string of the molecule is CC(C)(N)c1cn(-c2ccc(Cl)c3cccnc23)nn1. The molecule has 0 fully saturated rings. The summed E-state index contributed by atoms with van der Waals surface area (Å²) in [5, 5.41) is 9.80. The summed E-state index contributed by atoms with van der Waals surface area (Å²) in [7, 11) is 0. The van der Waals surface area contributed by atoms with E-state index in [0.29, 0.717) is 5.02 Å². The monoisotopic (exact) mass is 287 g/mol. The molecule has 3 rings (SSSR count). The van der Waals surface area contributed by atoms with Crippen molar-refractivity contribution in [1.29, 1.82) is 0 Å². The number of fused-ring (bicyclic) bond motifs is 1. The summed E-state index contributed by atoms with van der Waals surface area (Å²) >= 11 is 6.19. The Morgan fingerprint density at radius 1 is 1.25 bits per heavy atom. The highest BCUT2D eigenvalue weighted by Gasteiger charge is 2.19. The van der Waals surface area contributed by atoms with Gasteiger partial charge in [-0.25, -0.2) is 4.68 Å². The van der Waals surface area contributed by atoms with Gasteiger partial charge in [-0.3, -0.25) is 4.98 Å². The van der Waals surface area contributed by atoms with Crippen LogP contribution in [0.2, 0.25) is 5.02 Å². The molecule has 2 aromatic heterocycles. The van der Waals surface area contributed by atoms with Crippen molar-refractivity contribution in [3.63, 3.8) is 0 Å². The molecule has 0 atom stereocenters. The molecular weight excluding hydrogens is 274 g/mol. The average Bonchev–Trinajstić information content (AvgIpc) is 2.89. The Balaban J connectivity index is 2.20. The quantitative estimate of drug-likeness (QED) is 0.787. The van der Waals surface area contributed by atoms with Gasteiger partial charge in [0.1, 0.15) is 5.69 Å². The fourth-order valence-corrected chi connectivity index (χ4v) is 2.20. The zero-order chi connectivity index (χ0) is 14.3. The van der Waals surface area contributed by atoms with Gasteiger partial charge >= 0.3 is 0 Å². The van der Waals surface area contributed by atoms with Crippen molar-refractivity contribution in [2.45, 2.75) is 19.4 Å². The Bertz CT molecular complexity index is 773. The van der Waals surface area contributed by atoms with Crippen molar-refractivity contribution in [3.8, 4) is 5.69 Å². The molecule has 6 heteroatoms. The molecule has 0 aliphatic rings. The number of pyridine rings is 1. The molecular formula is C14H14ClN5. The smallest absolute Gasteiger partial charge is 0.102 e. The molecule has 5 nitrogen and oxygen atoms in total. The van der Waals surface area contributed by atoms with Gasteiger partial charge in [0.05, 0.1) is 28.0 Å². The second-order valence-corrected chi connectivity index (χ2v) is 5.64. The maximum absolute atomic E-state index is 6.19. The zero-order valence-corrected chi connectivity index (χ0v) is 12.0. The lowest BCUT2D eigenvalue weighted by Crippen LogP contribution is -2.29. The van der Waals surface area contributed by atoms with Crippen LogP contribution in [0.1, 0.15) is 19.5 Å². The van der Waals surface area contributed by atoms with Crippen LogP contribution in [0.3, 0.4) is 0 Å². The fraction of sp³-hybridized carbons (Fsp3) is 0.214. The molecule has 0 radical (unpaired) electrons. The molecule has 0 amide bonds. The van der Waals surface area contributed by atoms with E-state index in [1.54, 1.807) is 10.9 Å². The highest BCUT2D eigenvalue weighted by atomic mass is 35.5. The van der Waals surface area contributed by atoms with Crippen LogP contribution in [0.5, 0.6) is 0 Å². The van der Waals surface area contributed by atoms with Crippen LogP contribution < -0.4 is 5.73 Å². The third kappa shape index (κ3) is 2.15. The number of rotatable bonds is 2. The Morgan fingerprint density at radius 3 is 2.75 bits per heavy atom. The highest BCUT2D eigenvalue weighted by Crippen LogP contribution is 2.27. The molecule has 102 valence electrons. The third-order valence-corrected chi connectivity index (χ3v) is 3.43. The minimum absolute atomic E-state index is 0.534. The van der Waals surface area contributed by atoms with Crippen LogP contribution in [0.4, 0.5) is 0 Å². The number of hydrogen-bond donors (Lipinski definition) is 1. The van der Waals surface area contributed by atoms with Crippen LogP contribution in [0.15, 0.2) is 36.7 Å².